The van der Waals surface area contributed by atoms with Gasteiger partial charge >= 0.3 is 5.97 Å². The van der Waals surface area contributed by atoms with Crippen LogP contribution >= 0.6 is 12.6 Å². The maximum atomic E-state index is 12.3. The lowest BCUT2D eigenvalue weighted by Crippen LogP contribution is -2.39. The van der Waals surface area contributed by atoms with Crippen LogP contribution in [0.4, 0.5) is 4.39 Å². The SMILES string of the molecule is O=C(O)C1=NC2=CN(CF)NN2C([S])=C1. The highest BCUT2D eigenvalue weighted by atomic mass is 32.1. The summed E-state index contributed by atoms with van der Waals surface area (Å²) in [5.74, 6) is -0.908. The molecule has 0 aliphatic carbocycles. The number of nitrogens with one attached hydrogen (secondary N) is 1. The topological polar surface area (TPSA) is 68.2 Å². The van der Waals surface area contributed by atoms with E-state index in [1.165, 1.54) is 17.3 Å². The quantitative estimate of drug-likeness (QED) is 0.668. The van der Waals surface area contributed by atoms with Gasteiger partial charge in [0.1, 0.15) is 5.03 Å². The Kier molecular flexibility index (Phi) is 2.29. The lowest BCUT2D eigenvalue weighted by molar-refractivity contribution is -0.129. The number of hydrazine groups is 2. The van der Waals surface area contributed by atoms with E-state index in [1.54, 1.807) is 0 Å². The molecule has 0 saturated heterocycles. The van der Waals surface area contributed by atoms with Gasteiger partial charge in [0.15, 0.2) is 18.3 Å². The molecule has 15 heavy (non-hydrogen) atoms. The fraction of sp³-hybridized carbons (Fsp3) is 0.143. The largest absolute Gasteiger partial charge is 0.477 e. The number of aliphatic imine (C=N–C) groups is 1. The summed E-state index contributed by atoms with van der Waals surface area (Å²) in [6.07, 6.45) is 2.56. The number of carbonyl (C=O) groups is 1. The number of alkyl halides is 1. The molecule has 0 atom stereocenters. The minimum absolute atomic E-state index is 0.162. The molecule has 2 aliphatic rings. The van der Waals surface area contributed by atoms with E-state index >= 15 is 0 Å². The first-order valence-electron chi connectivity index (χ1n) is 3.93. The summed E-state index contributed by atoms with van der Waals surface area (Å²) in [5.41, 5.74) is 2.42. The summed E-state index contributed by atoms with van der Waals surface area (Å²) in [4.78, 5) is 14.4. The van der Waals surface area contributed by atoms with Gasteiger partial charge in [0.05, 0.1) is 6.20 Å². The Labute approximate surface area is 89.7 Å². The van der Waals surface area contributed by atoms with Gasteiger partial charge in [-0.1, -0.05) is 12.6 Å². The monoisotopic (exact) mass is 229 g/mol. The van der Waals surface area contributed by atoms with Crippen molar-refractivity contribution in [1.82, 2.24) is 15.6 Å². The number of aliphatic carboxylic acids is 1. The van der Waals surface area contributed by atoms with Crippen LogP contribution in [0.15, 0.2) is 28.1 Å². The molecule has 0 fully saturated rings. The summed E-state index contributed by atoms with van der Waals surface area (Å²) in [6, 6.07) is 0. The van der Waals surface area contributed by atoms with E-state index in [2.05, 4.69) is 10.5 Å². The summed E-state index contributed by atoms with van der Waals surface area (Å²) >= 11 is 4.91. The molecule has 2 rings (SSSR count). The standard InChI is InChI=1S/C7H6FN4O2S/c8-3-11-2-5-9-4(7(13)14)1-6(15)12(5)10-11/h1-2,10H,3H2,(H,13,14). The van der Waals surface area contributed by atoms with Crippen molar-refractivity contribution in [3.05, 3.63) is 23.1 Å². The molecule has 0 aromatic rings. The van der Waals surface area contributed by atoms with E-state index in [-0.39, 0.29) is 16.6 Å². The lowest BCUT2D eigenvalue weighted by atomic mass is 10.3. The van der Waals surface area contributed by atoms with Crippen LogP contribution in [0.3, 0.4) is 0 Å². The van der Waals surface area contributed by atoms with Crippen LogP contribution in [-0.4, -0.2) is 33.6 Å². The normalized spacial score (nSPS) is 19.4. The van der Waals surface area contributed by atoms with E-state index in [9.17, 15) is 9.18 Å². The van der Waals surface area contributed by atoms with E-state index in [1.807, 2.05) is 0 Å². The molecule has 0 aromatic carbocycles. The molecule has 0 amide bonds. The zero-order valence-electron chi connectivity index (χ0n) is 7.35. The van der Waals surface area contributed by atoms with E-state index in [0.717, 1.165) is 5.01 Å². The molecular formula is C7H6FN4O2S. The van der Waals surface area contributed by atoms with Gasteiger partial charge < -0.3 is 5.11 Å². The summed E-state index contributed by atoms with van der Waals surface area (Å²) in [6.45, 7) is -0.763. The first kappa shape index (κ1) is 9.87. The van der Waals surface area contributed by atoms with Crippen molar-refractivity contribution in [3.63, 3.8) is 0 Å². The Bertz CT molecular complexity index is 406. The summed E-state index contributed by atoms with van der Waals surface area (Å²) < 4.78 is 12.3. The predicted molar refractivity (Wildman–Crippen MR) is 51.6 cm³/mol. The van der Waals surface area contributed by atoms with Crippen molar-refractivity contribution in [2.75, 3.05) is 6.80 Å². The van der Waals surface area contributed by atoms with Crippen molar-refractivity contribution >= 4 is 24.3 Å². The van der Waals surface area contributed by atoms with Crippen LogP contribution in [0, 0.1) is 0 Å². The predicted octanol–water partition coefficient (Wildman–Crippen LogP) is 0.328. The van der Waals surface area contributed by atoms with Crippen LogP contribution in [0.2, 0.25) is 0 Å². The van der Waals surface area contributed by atoms with Crippen molar-refractivity contribution in [1.29, 1.82) is 0 Å². The highest BCUT2D eigenvalue weighted by Crippen LogP contribution is 2.24. The highest BCUT2D eigenvalue weighted by Gasteiger charge is 2.28. The van der Waals surface area contributed by atoms with E-state index in [4.69, 9.17) is 17.7 Å². The number of hydrogen-bond acceptors (Lipinski definition) is 5. The molecule has 8 heteroatoms. The van der Waals surface area contributed by atoms with Crippen LogP contribution < -0.4 is 5.53 Å². The number of nitrogens with zero attached hydrogens (tertiary/aromatic N) is 3. The average molecular weight is 229 g/mol. The average Bonchev–Trinajstić information content (AvgIpc) is 2.61. The van der Waals surface area contributed by atoms with E-state index < -0.39 is 12.8 Å². The Morgan fingerprint density at radius 3 is 3.07 bits per heavy atom. The number of rotatable bonds is 2. The minimum atomic E-state index is -1.17. The van der Waals surface area contributed by atoms with Gasteiger partial charge in [-0.3, -0.25) is 5.01 Å². The van der Waals surface area contributed by atoms with Crippen LogP contribution in [0.1, 0.15) is 0 Å². The van der Waals surface area contributed by atoms with Crippen LogP contribution in [-0.2, 0) is 4.79 Å². The lowest BCUT2D eigenvalue weighted by Gasteiger charge is -2.22. The first-order valence-corrected chi connectivity index (χ1v) is 4.34. The van der Waals surface area contributed by atoms with Crippen LogP contribution in [0.5, 0.6) is 0 Å². The number of halogens is 1. The third-order valence-electron chi connectivity index (χ3n) is 1.79. The van der Waals surface area contributed by atoms with Gasteiger partial charge in [0.2, 0.25) is 0 Å². The molecule has 0 unspecified atom stereocenters. The molecular weight excluding hydrogens is 223 g/mol. The molecule has 0 bridgehead atoms. The van der Waals surface area contributed by atoms with Gasteiger partial charge in [-0.15, -0.1) is 5.53 Å². The molecule has 79 valence electrons. The fourth-order valence-corrected chi connectivity index (χ4v) is 1.40. The fourth-order valence-electron chi connectivity index (χ4n) is 1.15. The minimum Gasteiger partial charge on any atom is -0.477 e. The van der Waals surface area contributed by atoms with Crippen molar-refractivity contribution in [2.45, 2.75) is 0 Å². The van der Waals surface area contributed by atoms with Gasteiger partial charge in [-0.05, 0) is 0 Å². The molecule has 2 N–H and O–H groups in total. The number of carboxylic acid groups (broad SMARTS) is 1. The second-order valence-electron chi connectivity index (χ2n) is 2.80. The van der Waals surface area contributed by atoms with Gasteiger partial charge in [0, 0.05) is 6.08 Å². The van der Waals surface area contributed by atoms with Crippen molar-refractivity contribution < 1.29 is 14.3 Å². The Balaban J connectivity index is 2.33. The van der Waals surface area contributed by atoms with E-state index in [0.29, 0.717) is 0 Å². The third kappa shape index (κ3) is 1.64. The second-order valence-corrected chi connectivity index (χ2v) is 3.22. The molecule has 0 spiro atoms. The van der Waals surface area contributed by atoms with Gasteiger partial charge in [-0.2, -0.15) is 0 Å². The molecule has 2 aliphatic heterocycles. The molecule has 6 nitrogen and oxygen atoms in total. The van der Waals surface area contributed by atoms with Crippen LogP contribution in [0.25, 0.3) is 0 Å². The molecule has 0 saturated carbocycles. The Morgan fingerprint density at radius 2 is 2.47 bits per heavy atom. The third-order valence-corrected chi connectivity index (χ3v) is 2.09. The Hall–Kier alpha value is -1.67. The molecule has 0 aromatic heterocycles. The Morgan fingerprint density at radius 1 is 1.73 bits per heavy atom. The summed E-state index contributed by atoms with van der Waals surface area (Å²) in [7, 11) is 0. The highest BCUT2D eigenvalue weighted by molar-refractivity contribution is 7.84. The first-order chi connectivity index (χ1) is 7.11. The smallest absolute Gasteiger partial charge is 0.354 e. The second kappa shape index (κ2) is 3.48. The zero-order valence-corrected chi connectivity index (χ0v) is 8.16. The van der Waals surface area contributed by atoms with Crippen molar-refractivity contribution in [3.8, 4) is 0 Å². The number of carboxylic acids is 1. The molecule has 1 radical (unpaired) electrons. The zero-order chi connectivity index (χ0) is 11.0. The number of hydrogen-bond donors (Lipinski definition) is 2. The number of fused-ring (bicyclic) bond motifs is 1. The maximum Gasteiger partial charge on any atom is 0.354 e. The van der Waals surface area contributed by atoms with Gasteiger partial charge in [0.25, 0.3) is 0 Å². The summed E-state index contributed by atoms with van der Waals surface area (Å²) in [5, 5.41) is 11.4. The maximum absolute atomic E-state index is 12.3. The van der Waals surface area contributed by atoms with Gasteiger partial charge in [-0.25, -0.2) is 19.2 Å². The van der Waals surface area contributed by atoms with Crippen molar-refractivity contribution in [2.24, 2.45) is 4.99 Å². The molecule has 2 heterocycles.